The van der Waals surface area contributed by atoms with E-state index in [0.29, 0.717) is 20.0 Å². The monoisotopic (exact) mass is 603 g/mol. The molecule has 19 heteroatoms. The Bertz CT molecular complexity index is 1310. The summed E-state index contributed by atoms with van der Waals surface area (Å²) < 4.78 is 1.04. The lowest BCUT2D eigenvalue weighted by Crippen LogP contribution is -2.71. The number of thiazole rings is 1. The first-order valence-corrected chi connectivity index (χ1v) is 14.8. The summed E-state index contributed by atoms with van der Waals surface area (Å²) in [5.41, 5.74) is 6.05. The minimum absolute atomic E-state index is 0.130. The van der Waals surface area contributed by atoms with Crippen LogP contribution in [0.5, 0.6) is 0 Å². The number of nitrogen functional groups attached to an aromatic ring is 1. The van der Waals surface area contributed by atoms with Crippen molar-refractivity contribution in [3.8, 4) is 0 Å². The number of carbonyl (C=O) groups is 4. The number of carbonyl (C=O) groups excluding carboxylic acids is 2. The lowest BCUT2D eigenvalue weighted by molar-refractivity contribution is -0.150. The van der Waals surface area contributed by atoms with Crippen LogP contribution in [0, 0.1) is 0 Å². The van der Waals surface area contributed by atoms with E-state index in [1.165, 1.54) is 52.3 Å². The second-order valence-electron chi connectivity index (χ2n) is 7.12. The Hall–Kier alpha value is -2.87. The maximum atomic E-state index is 12.9. The van der Waals surface area contributed by atoms with Crippen LogP contribution in [0.2, 0.25) is 0 Å². The lowest BCUT2D eigenvalue weighted by atomic mass is 10.0. The first-order valence-electron chi connectivity index (χ1n) is 10.0. The molecule has 14 nitrogen and oxygen atoms in total. The fourth-order valence-corrected chi connectivity index (χ4v) is 8.06. The molecule has 2 amide bonds. The van der Waals surface area contributed by atoms with Gasteiger partial charge in [0, 0.05) is 16.9 Å². The number of carboxylic acid groups (broad SMARTS) is 2. The van der Waals surface area contributed by atoms with E-state index in [1.807, 2.05) is 0 Å². The van der Waals surface area contributed by atoms with Crippen molar-refractivity contribution < 1.29 is 34.2 Å². The summed E-state index contributed by atoms with van der Waals surface area (Å²) >= 11 is 5.93. The number of nitrogens with two attached hydrogens (primary N) is 1. The molecule has 37 heavy (non-hydrogen) atoms. The van der Waals surface area contributed by atoms with Gasteiger partial charge in [0.1, 0.15) is 29.9 Å². The molecule has 4 rings (SSSR count). The number of thioether (sulfide) groups is 3. The number of hydrogen-bond acceptors (Lipinski definition) is 15. The van der Waals surface area contributed by atoms with Gasteiger partial charge in [0.15, 0.2) is 19.5 Å². The predicted molar refractivity (Wildman–Crippen MR) is 139 cm³/mol. The van der Waals surface area contributed by atoms with Crippen molar-refractivity contribution in [2.24, 2.45) is 5.16 Å². The van der Waals surface area contributed by atoms with Gasteiger partial charge in [-0.1, -0.05) is 40.0 Å². The smallest absolute Gasteiger partial charge is 0.352 e. The third-order valence-electron chi connectivity index (χ3n) is 4.78. The van der Waals surface area contributed by atoms with Crippen molar-refractivity contribution in [1.82, 2.24) is 25.4 Å². The van der Waals surface area contributed by atoms with E-state index in [0.717, 1.165) is 23.1 Å². The summed E-state index contributed by atoms with van der Waals surface area (Å²) in [7, 11) is 1.26. The van der Waals surface area contributed by atoms with Crippen LogP contribution in [0.3, 0.4) is 0 Å². The highest BCUT2D eigenvalue weighted by Gasteiger charge is 2.54. The summed E-state index contributed by atoms with van der Waals surface area (Å²) in [5.74, 6) is -3.08. The van der Waals surface area contributed by atoms with E-state index in [9.17, 15) is 24.3 Å². The molecule has 1 saturated heterocycles. The number of nitrogens with zero attached hydrogens (tertiary/aromatic N) is 5. The normalized spacial score (nSPS) is 19.3. The number of rotatable bonds is 11. The zero-order chi connectivity index (χ0) is 26.7. The summed E-state index contributed by atoms with van der Waals surface area (Å²) in [4.78, 5) is 58.5. The second-order valence-corrected chi connectivity index (χ2v) is 12.5. The Kier molecular flexibility index (Phi) is 8.57. The molecular weight excluding hydrogens is 587 g/mol. The van der Waals surface area contributed by atoms with Crippen molar-refractivity contribution >= 4 is 92.6 Å². The Morgan fingerprint density at radius 2 is 2.03 bits per heavy atom. The predicted octanol–water partition coefficient (Wildman–Crippen LogP) is 0.635. The summed E-state index contributed by atoms with van der Waals surface area (Å²) in [6.45, 7) is 0. The zero-order valence-corrected chi connectivity index (χ0v) is 22.7. The number of β-lactam (4-membered cyclic amide) rings is 1. The Morgan fingerprint density at radius 1 is 1.30 bits per heavy atom. The van der Waals surface area contributed by atoms with Crippen LogP contribution in [0.4, 0.5) is 5.13 Å². The lowest BCUT2D eigenvalue weighted by Gasteiger charge is -2.49. The molecule has 2 aliphatic heterocycles. The standard InChI is InChI=1S/C18H17N7O7S5/c1-32-24-9(7-4-34-16(19)20-7)12(28)21-10-13(29)25-11(15(30)31)6(2-33-14(10)25)3-35-17-22-23-18(37-17)36-5-8(26)27/h4,10,14H,2-3,5H2,1H3,(H2,19,20)(H,21,28)(H,26,27)(H,30,31)/t10-,14+/m1/s1. The molecule has 2 aliphatic rings. The number of aromatic nitrogens is 3. The van der Waals surface area contributed by atoms with Crippen LogP contribution in [0.1, 0.15) is 5.69 Å². The number of fused-ring (bicyclic) bond motifs is 1. The number of hydrogen-bond donors (Lipinski definition) is 4. The molecule has 5 N–H and O–H groups in total. The molecule has 0 aromatic carbocycles. The van der Waals surface area contributed by atoms with Gasteiger partial charge in [-0.2, -0.15) is 0 Å². The maximum absolute atomic E-state index is 12.9. The highest BCUT2D eigenvalue weighted by molar-refractivity contribution is 8.03. The molecule has 0 radical (unpaired) electrons. The van der Waals surface area contributed by atoms with Crippen molar-refractivity contribution in [3.63, 3.8) is 0 Å². The average molecular weight is 604 g/mol. The van der Waals surface area contributed by atoms with Gasteiger partial charge in [-0.25, -0.2) is 9.78 Å². The molecule has 4 heterocycles. The topological polar surface area (TPSA) is 210 Å². The molecule has 2 aromatic rings. The number of aliphatic carboxylic acids is 2. The maximum Gasteiger partial charge on any atom is 0.352 e. The third kappa shape index (κ3) is 6.00. The number of carboxylic acids is 2. The van der Waals surface area contributed by atoms with Gasteiger partial charge in [-0.3, -0.25) is 19.3 Å². The largest absolute Gasteiger partial charge is 0.481 e. The van der Waals surface area contributed by atoms with Gasteiger partial charge >= 0.3 is 11.9 Å². The van der Waals surface area contributed by atoms with Gasteiger partial charge in [0.25, 0.3) is 11.8 Å². The fourth-order valence-electron chi connectivity index (χ4n) is 3.28. The van der Waals surface area contributed by atoms with Crippen molar-refractivity contribution in [3.05, 3.63) is 22.3 Å². The molecule has 2 atom stereocenters. The molecule has 0 aliphatic carbocycles. The van der Waals surface area contributed by atoms with E-state index in [-0.39, 0.29) is 33.7 Å². The van der Waals surface area contributed by atoms with E-state index in [1.54, 1.807) is 0 Å². The van der Waals surface area contributed by atoms with Crippen LogP contribution < -0.4 is 11.1 Å². The van der Waals surface area contributed by atoms with Crippen LogP contribution >= 0.6 is 58.0 Å². The van der Waals surface area contributed by atoms with Gasteiger partial charge < -0.3 is 26.1 Å². The van der Waals surface area contributed by atoms with Gasteiger partial charge in [-0.05, 0) is 5.57 Å². The number of anilines is 1. The summed E-state index contributed by atoms with van der Waals surface area (Å²) in [6.07, 6.45) is 0. The second kappa shape index (κ2) is 11.7. The first-order chi connectivity index (χ1) is 17.7. The minimum atomic E-state index is -1.26. The van der Waals surface area contributed by atoms with Crippen LogP contribution in [-0.4, -0.2) is 95.5 Å². The number of nitrogens with one attached hydrogen (secondary N) is 1. The molecule has 196 valence electrons. The molecule has 0 spiro atoms. The van der Waals surface area contributed by atoms with Crippen LogP contribution in [-0.2, 0) is 24.0 Å². The van der Waals surface area contributed by atoms with Crippen molar-refractivity contribution in [1.29, 1.82) is 0 Å². The molecular formula is C18H17N7O7S5. The molecule has 0 unspecified atom stereocenters. The first kappa shape index (κ1) is 27.2. The van der Waals surface area contributed by atoms with Crippen LogP contribution in [0.15, 0.2) is 30.5 Å². The van der Waals surface area contributed by atoms with Crippen molar-refractivity contribution in [2.75, 3.05) is 30.1 Å². The zero-order valence-electron chi connectivity index (χ0n) is 18.6. The van der Waals surface area contributed by atoms with Gasteiger partial charge in [0.05, 0.1) is 5.75 Å². The van der Waals surface area contributed by atoms with Crippen molar-refractivity contribution in [2.45, 2.75) is 20.1 Å². The van der Waals surface area contributed by atoms with E-state index in [4.69, 9.17) is 15.7 Å². The van der Waals surface area contributed by atoms with Gasteiger partial charge in [-0.15, -0.1) is 33.3 Å². The SMILES string of the molecule is CON=C(C(=O)N[C@@H]1C(=O)N2C(C(=O)O)=C(CSc3nnc(SCC(=O)O)s3)CS[C@@H]12)c1csc(N)n1. The van der Waals surface area contributed by atoms with Crippen LogP contribution in [0.25, 0.3) is 0 Å². The summed E-state index contributed by atoms with van der Waals surface area (Å²) in [5, 5.41) is 34.0. The molecule has 2 aromatic heterocycles. The fraction of sp³-hybridized carbons (Fsp3) is 0.333. The Morgan fingerprint density at radius 3 is 2.65 bits per heavy atom. The highest BCUT2D eigenvalue weighted by atomic mass is 32.2. The summed E-state index contributed by atoms with van der Waals surface area (Å²) in [6, 6.07) is -0.962. The quantitative estimate of drug-likeness (QED) is 0.120. The van der Waals surface area contributed by atoms with E-state index < -0.39 is 35.2 Å². The number of amides is 2. The highest BCUT2D eigenvalue weighted by Crippen LogP contribution is 2.42. The van der Waals surface area contributed by atoms with E-state index in [2.05, 4.69) is 25.7 Å². The molecule has 0 bridgehead atoms. The minimum Gasteiger partial charge on any atom is -0.481 e. The Balaban J connectivity index is 1.43. The number of oxime groups is 1. The molecule has 0 saturated carbocycles. The molecule has 1 fully saturated rings. The Labute approximate surface area is 229 Å². The van der Waals surface area contributed by atoms with E-state index >= 15 is 0 Å². The average Bonchev–Trinajstić information content (AvgIpc) is 3.50. The van der Waals surface area contributed by atoms with Gasteiger partial charge in [0.2, 0.25) is 0 Å². The third-order valence-corrected chi connectivity index (χ3v) is 10.1.